The number of carbonyl (C=O) groups is 1. The van der Waals surface area contributed by atoms with Crippen molar-refractivity contribution in [2.75, 3.05) is 6.54 Å². The minimum Gasteiger partial charge on any atom is -0.366 e. The molecule has 0 spiro atoms. The lowest BCUT2D eigenvalue weighted by Gasteiger charge is -2.23. The molecule has 1 heterocycles. The summed E-state index contributed by atoms with van der Waals surface area (Å²) in [7, 11) is 0. The maximum absolute atomic E-state index is 10.9. The lowest BCUT2D eigenvalue weighted by atomic mass is 9.97. The molecule has 1 unspecified atom stereocenters. The summed E-state index contributed by atoms with van der Waals surface area (Å²) in [4.78, 5) is 10.9. The molecule has 1 saturated heterocycles. The van der Waals surface area contributed by atoms with E-state index in [2.05, 4.69) is 5.32 Å². The van der Waals surface area contributed by atoms with Crippen LogP contribution >= 0.6 is 12.4 Å². The zero-order valence-corrected chi connectivity index (χ0v) is 9.93. The number of rotatable bonds is 2. The van der Waals surface area contributed by atoms with Crippen LogP contribution in [0.2, 0.25) is 0 Å². The van der Waals surface area contributed by atoms with Crippen molar-refractivity contribution >= 4 is 18.3 Å². The first-order valence-electron chi connectivity index (χ1n) is 5.40. The normalized spacial score (nSPS) is 19.9. The van der Waals surface area contributed by atoms with Crippen LogP contribution in [-0.2, 0) is 0 Å². The molecule has 88 valence electrons. The zero-order valence-electron chi connectivity index (χ0n) is 9.11. The van der Waals surface area contributed by atoms with Crippen molar-refractivity contribution in [3.05, 3.63) is 35.4 Å². The summed E-state index contributed by atoms with van der Waals surface area (Å²) in [5, 5.41) is 3.47. The van der Waals surface area contributed by atoms with Gasteiger partial charge < -0.3 is 11.1 Å². The second-order valence-electron chi connectivity index (χ2n) is 3.99. The molecule has 1 aliphatic rings. The first-order chi connectivity index (χ1) is 7.27. The molecular weight excluding hydrogens is 224 g/mol. The predicted octanol–water partition coefficient (Wildman–Crippen LogP) is 2.02. The van der Waals surface area contributed by atoms with Crippen molar-refractivity contribution < 1.29 is 4.79 Å². The fourth-order valence-corrected chi connectivity index (χ4v) is 2.02. The van der Waals surface area contributed by atoms with Gasteiger partial charge in [-0.1, -0.05) is 18.6 Å². The zero-order chi connectivity index (χ0) is 10.7. The molecule has 16 heavy (non-hydrogen) atoms. The molecule has 4 heteroatoms. The van der Waals surface area contributed by atoms with Crippen molar-refractivity contribution in [2.45, 2.75) is 25.3 Å². The largest absolute Gasteiger partial charge is 0.366 e. The molecule has 3 N–H and O–H groups in total. The number of amides is 1. The lowest BCUT2D eigenvalue weighted by molar-refractivity contribution is 0.100. The van der Waals surface area contributed by atoms with Crippen LogP contribution in [0.25, 0.3) is 0 Å². The highest BCUT2D eigenvalue weighted by Gasteiger charge is 2.14. The van der Waals surface area contributed by atoms with Crippen LogP contribution in [0.4, 0.5) is 0 Å². The monoisotopic (exact) mass is 240 g/mol. The van der Waals surface area contributed by atoms with Crippen LogP contribution in [0.3, 0.4) is 0 Å². The molecule has 0 radical (unpaired) electrons. The summed E-state index contributed by atoms with van der Waals surface area (Å²) in [6, 6.07) is 8.02. The molecule has 0 saturated carbocycles. The Hall–Kier alpha value is -1.06. The maximum atomic E-state index is 10.9. The summed E-state index contributed by atoms with van der Waals surface area (Å²) >= 11 is 0. The van der Waals surface area contributed by atoms with Crippen molar-refractivity contribution in [3.8, 4) is 0 Å². The van der Waals surface area contributed by atoms with E-state index in [0.717, 1.165) is 6.54 Å². The van der Waals surface area contributed by atoms with Gasteiger partial charge in [-0.15, -0.1) is 12.4 Å². The molecule has 1 fully saturated rings. The van der Waals surface area contributed by atoms with Crippen LogP contribution in [0.15, 0.2) is 24.3 Å². The number of hydrogen-bond acceptors (Lipinski definition) is 2. The number of nitrogens with one attached hydrogen (secondary N) is 1. The molecule has 1 aromatic carbocycles. The van der Waals surface area contributed by atoms with Gasteiger partial charge in [0.1, 0.15) is 0 Å². The first-order valence-corrected chi connectivity index (χ1v) is 5.40. The number of carbonyl (C=O) groups excluding carboxylic acids is 1. The molecule has 2 rings (SSSR count). The minimum absolute atomic E-state index is 0. The van der Waals surface area contributed by atoms with Crippen molar-refractivity contribution in [1.82, 2.24) is 5.32 Å². The van der Waals surface area contributed by atoms with Crippen LogP contribution in [-0.4, -0.2) is 12.5 Å². The summed E-state index contributed by atoms with van der Waals surface area (Å²) in [5.74, 6) is -0.363. The van der Waals surface area contributed by atoms with Gasteiger partial charge in [0, 0.05) is 11.6 Å². The van der Waals surface area contributed by atoms with Gasteiger partial charge in [-0.05, 0) is 37.1 Å². The number of benzene rings is 1. The van der Waals surface area contributed by atoms with Gasteiger partial charge >= 0.3 is 0 Å². The number of nitrogens with two attached hydrogens (primary N) is 1. The Bertz CT molecular complexity index is 345. The quantitative estimate of drug-likeness (QED) is 0.831. The van der Waals surface area contributed by atoms with E-state index in [4.69, 9.17) is 5.73 Å². The molecule has 1 amide bonds. The topological polar surface area (TPSA) is 55.1 Å². The van der Waals surface area contributed by atoms with E-state index in [9.17, 15) is 4.79 Å². The summed E-state index contributed by atoms with van der Waals surface area (Å²) in [6.07, 6.45) is 3.71. The second-order valence-corrected chi connectivity index (χ2v) is 3.99. The Kier molecular flexibility index (Phi) is 4.77. The fourth-order valence-electron chi connectivity index (χ4n) is 2.02. The highest BCUT2D eigenvalue weighted by atomic mass is 35.5. The summed E-state index contributed by atoms with van der Waals surface area (Å²) in [5.41, 5.74) is 7.02. The first kappa shape index (κ1) is 13.0. The molecule has 3 nitrogen and oxygen atoms in total. The molecule has 1 aromatic rings. The lowest BCUT2D eigenvalue weighted by Crippen LogP contribution is -2.26. The Morgan fingerprint density at radius 1 is 1.25 bits per heavy atom. The van der Waals surface area contributed by atoms with E-state index >= 15 is 0 Å². The molecule has 1 atom stereocenters. The number of piperidine rings is 1. The molecule has 0 bridgehead atoms. The van der Waals surface area contributed by atoms with Crippen LogP contribution in [0, 0.1) is 0 Å². The van der Waals surface area contributed by atoms with Gasteiger partial charge in [0.15, 0.2) is 0 Å². The number of halogens is 1. The van der Waals surface area contributed by atoms with Gasteiger partial charge in [-0.3, -0.25) is 4.79 Å². The summed E-state index contributed by atoms with van der Waals surface area (Å²) < 4.78 is 0. The molecule has 0 aromatic heterocycles. The highest BCUT2D eigenvalue weighted by Crippen LogP contribution is 2.22. The molecule has 0 aliphatic carbocycles. The Morgan fingerprint density at radius 3 is 2.44 bits per heavy atom. The molecular formula is C12H17ClN2O. The second kappa shape index (κ2) is 5.87. The number of primary amides is 1. The van der Waals surface area contributed by atoms with E-state index in [-0.39, 0.29) is 18.3 Å². The van der Waals surface area contributed by atoms with Gasteiger partial charge in [-0.25, -0.2) is 0 Å². The molecule has 1 aliphatic heterocycles. The Labute approximate surface area is 102 Å². The summed E-state index contributed by atoms with van der Waals surface area (Å²) in [6.45, 7) is 1.09. The minimum atomic E-state index is -0.363. The fraction of sp³-hybridized carbons (Fsp3) is 0.417. The van der Waals surface area contributed by atoms with E-state index in [1.54, 1.807) is 12.1 Å². The van der Waals surface area contributed by atoms with Gasteiger partial charge in [0.05, 0.1) is 0 Å². The maximum Gasteiger partial charge on any atom is 0.248 e. The smallest absolute Gasteiger partial charge is 0.248 e. The van der Waals surface area contributed by atoms with E-state index in [1.165, 1.54) is 24.8 Å². The van der Waals surface area contributed by atoms with Gasteiger partial charge in [-0.2, -0.15) is 0 Å². The number of hydrogen-bond donors (Lipinski definition) is 2. The SMILES string of the molecule is Cl.NC(=O)c1ccc(C2CCCCN2)cc1. The Balaban J connectivity index is 0.00000128. The van der Waals surface area contributed by atoms with Crippen LogP contribution in [0.1, 0.15) is 41.2 Å². The average molecular weight is 241 g/mol. The highest BCUT2D eigenvalue weighted by molar-refractivity contribution is 5.92. The van der Waals surface area contributed by atoms with E-state index < -0.39 is 0 Å². The van der Waals surface area contributed by atoms with Crippen LogP contribution in [0.5, 0.6) is 0 Å². The third-order valence-electron chi connectivity index (χ3n) is 2.91. The van der Waals surface area contributed by atoms with E-state index in [0.29, 0.717) is 11.6 Å². The third kappa shape index (κ3) is 2.97. The van der Waals surface area contributed by atoms with Crippen molar-refractivity contribution in [3.63, 3.8) is 0 Å². The van der Waals surface area contributed by atoms with Crippen LogP contribution < -0.4 is 11.1 Å². The average Bonchev–Trinajstić information content (AvgIpc) is 2.30. The van der Waals surface area contributed by atoms with E-state index in [1.807, 2.05) is 12.1 Å². The standard InChI is InChI=1S/C12H16N2O.ClH/c13-12(15)10-6-4-9(5-7-10)11-3-1-2-8-14-11;/h4-7,11,14H,1-3,8H2,(H2,13,15);1H. The van der Waals surface area contributed by atoms with Gasteiger partial charge in [0.2, 0.25) is 5.91 Å². The third-order valence-corrected chi connectivity index (χ3v) is 2.91. The van der Waals surface area contributed by atoms with Crippen molar-refractivity contribution in [1.29, 1.82) is 0 Å². The van der Waals surface area contributed by atoms with Crippen molar-refractivity contribution in [2.24, 2.45) is 5.73 Å². The van der Waals surface area contributed by atoms with Gasteiger partial charge in [0.25, 0.3) is 0 Å². The Morgan fingerprint density at radius 2 is 1.94 bits per heavy atom. The predicted molar refractivity (Wildman–Crippen MR) is 66.8 cm³/mol.